The van der Waals surface area contributed by atoms with Crippen LogP contribution in [-0.4, -0.2) is 25.1 Å². The van der Waals surface area contributed by atoms with E-state index in [0.29, 0.717) is 28.5 Å². The Morgan fingerprint density at radius 1 is 1.21 bits per heavy atom. The van der Waals surface area contributed by atoms with Crippen LogP contribution < -0.4 is 10.6 Å². The van der Waals surface area contributed by atoms with E-state index in [9.17, 15) is 0 Å². The molecule has 1 aliphatic rings. The van der Waals surface area contributed by atoms with Crippen LogP contribution in [0.3, 0.4) is 0 Å². The maximum Gasteiger partial charge on any atom is 0.225 e. The van der Waals surface area contributed by atoms with Crippen molar-refractivity contribution in [2.75, 3.05) is 10.6 Å². The van der Waals surface area contributed by atoms with Gasteiger partial charge in [-0.25, -0.2) is 4.98 Å². The third-order valence-electron chi connectivity index (χ3n) is 5.03. The van der Waals surface area contributed by atoms with E-state index < -0.39 is 0 Å². The number of hydrogen-bond donors (Lipinski definition) is 4. The molecule has 1 aromatic carbocycles. The quantitative estimate of drug-likeness (QED) is 0.364. The molecule has 5 rings (SSSR count). The second-order valence-corrected chi connectivity index (χ2v) is 7.60. The average molecular weight is 394 g/mol. The van der Waals surface area contributed by atoms with Crippen molar-refractivity contribution in [2.24, 2.45) is 0 Å². The number of halogens is 1. The molecule has 1 atom stereocenters. The van der Waals surface area contributed by atoms with Crippen molar-refractivity contribution in [1.82, 2.24) is 25.1 Å². The van der Waals surface area contributed by atoms with Crippen molar-refractivity contribution in [3.8, 4) is 0 Å². The minimum atomic E-state index is 0.0418. The topological polar surface area (TPSA) is 94.3 Å². The van der Waals surface area contributed by atoms with E-state index in [0.717, 1.165) is 16.8 Å². The number of rotatable bonds is 6. The fraction of sp³-hybridized carbons (Fsp3) is 0.250. The molecule has 8 heteroatoms. The maximum absolute atomic E-state index is 6.28. The van der Waals surface area contributed by atoms with E-state index in [1.807, 2.05) is 12.3 Å². The van der Waals surface area contributed by atoms with Gasteiger partial charge in [0.25, 0.3) is 0 Å². The van der Waals surface area contributed by atoms with Gasteiger partial charge in [-0.15, -0.1) is 0 Å². The Kier molecular flexibility index (Phi) is 4.16. The number of aromatic nitrogens is 5. The standard InChI is InChI=1S/C20H20ClN7/c1-11(13-4-5-16-14(8-13)6-7-22-16)24-20-23-10-15(21)19(26-20)25-18-9-17(27-28-18)12-2-3-12/h4-12,22H,2-3H2,1H3,(H3,23,24,25,26,27,28). The summed E-state index contributed by atoms with van der Waals surface area (Å²) in [5, 5.41) is 15.5. The fourth-order valence-electron chi connectivity index (χ4n) is 3.27. The summed E-state index contributed by atoms with van der Waals surface area (Å²) < 4.78 is 0. The number of anilines is 3. The van der Waals surface area contributed by atoms with Gasteiger partial charge in [-0.1, -0.05) is 17.7 Å². The molecule has 1 aliphatic carbocycles. The molecule has 1 saturated carbocycles. The molecule has 1 fully saturated rings. The lowest BCUT2D eigenvalue weighted by molar-refractivity contribution is 0.863. The van der Waals surface area contributed by atoms with Crippen molar-refractivity contribution >= 4 is 40.1 Å². The molecule has 3 heterocycles. The lowest BCUT2D eigenvalue weighted by Crippen LogP contribution is -2.10. The average Bonchev–Trinajstić information content (AvgIpc) is 3.25. The second kappa shape index (κ2) is 6.83. The summed E-state index contributed by atoms with van der Waals surface area (Å²) in [7, 11) is 0. The molecular formula is C20H20ClN7. The highest BCUT2D eigenvalue weighted by Gasteiger charge is 2.25. The normalized spacial score (nSPS) is 14.9. The monoisotopic (exact) mass is 393 g/mol. The molecule has 0 saturated heterocycles. The van der Waals surface area contributed by atoms with E-state index in [-0.39, 0.29) is 6.04 Å². The number of fused-ring (bicyclic) bond motifs is 1. The molecular weight excluding hydrogens is 374 g/mol. The number of H-pyrrole nitrogens is 2. The summed E-state index contributed by atoms with van der Waals surface area (Å²) in [5.74, 6) is 2.35. The van der Waals surface area contributed by atoms with Gasteiger partial charge in [0, 0.05) is 29.4 Å². The summed E-state index contributed by atoms with van der Waals surface area (Å²) >= 11 is 6.28. The summed E-state index contributed by atoms with van der Waals surface area (Å²) in [6.07, 6.45) is 5.97. The fourth-order valence-corrected chi connectivity index (χ4v) is 3.41. The van der Waals surface area contributed by atoms with Gasteiger partial charge in [0.1, 0.15) is 5.02 Å². The van der Waals surface area contributed by atoms with E-state index in [2.05, 4.69) is 67.0 Å². The highest BCUT2D eigenvalue weighted by atomic mass is 35.5. The molecule has 4 aromatic rings. The van der Waals surface area contributed by atoms with Gasteiger partial charge >= 0.3 is 0 Å². The third-order valence-corrected chi connectivity index (χ3v) is 5.30. The Labute approximate surface area is 166 Å². The summed E-state index contributed by atoms with van der Waals surface area (Å²) in [6, 6.07) is 10.4. The first-order valence-electron chi connectivity index (χ1n) is 9.34. The lowest BCUT2D eigenvalue weighted by Gasteiger charge is -2.15. The Morgan fingerprint density at radius 3 is 2.96 bits per heavy atom. The van der Waals surface area contributed by atoms with E-state index in [4.69, 9.17) is 11.6 Å². The third kappa shape index (κ3) is 3.41. The molecule has 1 unspecified atom stereocenters. The van der Waals surface area contributed by atoms with Crippen LogP contribution >= 0.6 is 11.6 Å². The first-order chi connectivity index (χ1) is 13.7. The highest BCUT2D eigenvalue weighted by molar-refractivity contribution is 6.32. The van der Waals surface area contributed by atoms with Crippen LogP contribution in [-0.2, 0) is 0 Å². The smallest absolute Gasteiger partial charge is 0.225 e. The molecule has 7 nitrogen and oxygen atoms in total. The van der Waals surface area contributed by atoms with Crippen molar-refractivity contribution in [3.05, 3.63) is 59.0 Å². The lowest BCUT2D eigenvalue weighted by atomic mass is 10.1. The van der Waals surface area contributed by atoms with Gasteiger partial charge in [-0.05, 0) is 48.9 Å². The first kappa shape index (κ1) is 17.1. The van der Waals surface area contributed by atoms with E-state index in [1.165, 1.54) is 18.2 Å². The van der Waals surface area contributed by atoms with Gasteiger partial charge in [0.15, 0.2) is 11.6 Å². The van der Waals surface area contributed by atoms with Crippen molar-refractivity contribution < 1.29 is 0 Å². The van der Waals surface area contributed by atoms with Gasteiger partial charge in [-0.3, -0.25) is 5.10 Å². The molecule has 0 radical (unpaired) electrons. The van der Waals surface area contributed by atoms with Crippen molar-refractivity contribution in [1.29, 1.82) is 0 Å². The predicted molar refractivity (Wildman–Crippen MR) is 111 cm³/mol. The Bertz CT molecular complexity index is 1130. The van der Waals surface area contributed by atoms with Gasteiger partial charge < -0.3 is 15.6 Å². The number of benzene rings is 1. The van der Waals surface area contributed by atoms with Crippen molar-refractivity contribution in [3.63, 3.8) is 0 Å². The Hall–Kier alpha value is -3.06. The van der Waals surface area contributed by atoms with Crippen LogP contribution in [0.2, 0.25) is 5.02 Å². The Morgan fingerprint density at radius 2 is 2.11 bits per heavy atom. The zero-order valence-corrected chi connectivity index (χ0v) is 16.1. The largest absolute Gasteiger partial charge is 0.361 e. The molecule has 0 amide bonds. The highest BCUT2D eigenvalue weighted by Crippen LogP contribution is 2.39. The SMILES string of the molecule is CC(Nc1ncc(Cl)c(Nc2cc(C3CC3)[nH]n2)n1)c1ccc2[nH]ccc2c1. The van der Waals surface area contributed by atoms with E-state index >= 15 is 0 Å². The molecule has 0 spiro atoms. The first-order valence-corrected chi connectivity index (χ1v) is 9.72. The maximum atomic E-state index is 6.28. The van der Waals surface area contributed by atoms with Crippen LogP contribution in [0.15, 0.2) is 42.7 Å². The molecule has 28 heavy (non-hydrogen) atoms. The second-order valence-electron chi connectivity index (χ2n) is 7.19. The molecule has 142 valence electrons. The summed E-state index contributed by atoms with van der Waals surface area (Å²) in [6.45, 7) is 2.08. The number of nitrogens with one attached hydrogen (secondary N) is 4. The zero-order chi connectivity index (χ0) is 19.1. The summed E-state index contributed by atoms with van der Waals surface area (Å²) in [5.41, 5.74) is 3.43. The minimum absolute atomic E-state index is 0.0418. The number of nitrogens with zero attached hydrogens (tertiary/aromatic N) is 3. The number of aromatic amines is 2. The molecule has 3 aromatic heterocycles. The van der Waals surface area contributed by atoms with E-state index in [1.54, 1.807) is 6.20 Å². The number of hydrogen-bond acceptors (Lipinski definition) is 5. The van der Waals surface area contributed by atoms with Crippen LogP contribution in [0.25, 0.3) is 10.9 Å². The van der Waals surface area contributed by atoms with Gasteiger partial charge in [-0.2, -0.15) is 10.1 Å². The molecule has 0 aliphatic heterocycles. The molecule has 0 bridgehead atoms. The van der Waals surface area contributed by atoms with Gasteiger partial charge in [0.2, 0.25) is 5.95 Å². The predicted octanol–water partition coefficient (Wildman–Crippen LogP) is 5.13. The minimum Gasteiger partial charge on any atom is -0.361 e. The zero-order valence-electron chi connectivity index (χ0n) is 15.3. The molecule has 4 N–H and O–H groups in total. The Balaban J connectivity index is 1.33. The van der Waals surface area contributed by atoms with Crippen LogP contribution in [0.4, 0.5) is 17.6 Å². The van der Waals surface area contributed by atoms with Crippen LogP contribution in [0.1, 0.15) is 43.0 Å². The summed E-state index contributed by atoms with van der Waals surface area (Å²) in [4.78, 5) is 12.1. The van der Waals surface area contributed by atoms with Crippen molar-refractivity contribution in [2.45, 2.75) is 31.7 Å². The van der Waals surface area contributed by atoms with Crippen LogP contribution in [0, 0.1) is 0 Å². The van der Waals surface area contributed by atoms with Gasteiger partial charge in [0.05, 0.1) is 12.2 Å². The van der Waals surface area contributed by atoms with Crippen LogP contribution in [0.5, 0.6) is 0 Å².